The molecule has 3 rings (SSSR count). The Morgan fingerprint density at radius 2 is 2.00 bits per heavy atom. The highest BCUT2D eigenvalue weighted by molar-refractivity contribution is 5.99. The molecule has 0 saturated heterocycles. The molecule has 1 aliphatic heterocycles. The molecule has 1 heterocycles. The first-order valence-corrected chi connectivity index (χ1v) is 8.18. The van der Waals surface area contributed by atoms with Crippen molar-refractivity contribution in [3.8, 4) is 17.2 Å². The molecule has 0 bridgehead atoms. The van der Waals surface area contributed by atoms with Gasteiger partial charge in [0.15, 0.2) is 11.5 Å². The van der Waals surface area contributed by atoms with Gasteiger partial charge in [-0.2, -0.15) is 5.10 Å². The van der Waals surface area contributed by atoms with Crippen LogP contribution in [0.25, 0.3) is 0 Å². The number of benzene rings is 2. The molecule has 1 atom stereocenters. The molecule has 0 aromatic heterocycles. The van der Waals surface area contributed by atoms with Crippen LogP contribution < -0.4 is 24.7 Å². The van der Waals surface area contributed by atoms with Crippen LogP contribution in [-0.4, -0.2) is 36.9 Å². The summed E-state index contributed by atoms with van der Waals surface area (Å²) >= 11 is 0. The van der Waals surface area contributed by atoms with E-state index in [0.717, 1.165) is 0 Å². The SMILES string of the molecule is C/C(=N/NC(=O)[C@@H]1COc2ccccc2O1)c1cccc(OCC(=O)[O-])c1. The minimum absolute atomic E-state index is 0.0873. The zero-order valence-electron chi connectivity index (χ0n) is 14.5. The van der Waals surface area contributed by atoms with Gasteiger partial charge in [-0.3, -0.25) is 4.79 Å². The summed E-state index contributed by atoms with van der Waals surface area (Å²) in [6, 6.07) is 13.8. The second-order valence-corrected chi connectivity index (χ2v) is 5.73. The Bertz CT molecular complexity index is 880. The van der Waals surface area contributed by atoms with Gasteiger partial charge in [0.25, 0.3) is 5.91 Å². The number of nitrogens with zero attached hydrogens (tertiary/aromatic N) is 1. The van der Waals surface area contributed by atoms with Crippen LogP contribution in [0.5, 0.6) is 17.2 Å². The van der Waals surface area contributed by atoms with Crippen molar-refractivity contribution in [1.29, 1.82) is 0 Å². The van der Waals surface area contributed by atoms with Gasteiger partial charge >= 0.3 is 0 Å². The van der Waals surface area contributed by atoms with E-state index in [-0.39, 0.29) is 6.61 Å². The van der Waals surface area contributed by atoms with Gasteiger partial charge in [-0.1, -0.05) is 24.3 Å². The maximum absolute atomic E-state index is 12.3. The van der Waals surface area contributed by atoms with E-state index in [1.807, 2.05) is 6.07 Å². The summed E-state index contributed by atoms with van der Waals surface area (Å²) in [7, 11) is 0. The highest BCUT2D eigenvalue weighted by Crippen LogP contribution is 2.30. The number of carbonyl (C=O) groups excluding carboxylic acids is 2. The Balaban J connectivity index is 1.61. The molecule has 0 saturated carbocycles. The maximum atomic E-state index is 12.3. The molecule has 2 aromatic rings. The van der Waals surface area contributed by atoms with Crippen LogP contribution >= 0.6 is 0 Å². The van der Waals surface area contributed by atoms with Crippen molar-refractivity contribution < 1.29 is 28.9 Å². The first kappa shape index (κ1) is 18.2. The van der Waals surface area contributed by atoms with Crippen LogP contribution in [0.4, 0.5) is 0 Å². The van der Waals surface area contributed by atoms with Crippen LogP contribution in [0.3, 0.4) is 0 Å². The minimum Gasteiger partial charge on any atom is -0.546 e. The number of hydrazone groups is 1. The standard InChI is InChI=1S/C19H18N2O6/c1-12(13-5-4-6-14(9-13)25-11-18(22)23)20-21-19(24)17-10-26-15-7-2-3-8-16(15)27-17/h2-9,17H,10-11H2,1H3,(H,21,24)(H,22,23)/p-1/b20-12-/t17-/m0/s1. The number of carbonyl (C=O) groups is 2. The molecular weight excluding hydrogens is 352 g/mol. The van der Waals surface area contributed by atoms with Crippen LogP contribution in [0.1, 0.15) is 12.5 Å². The Morgan fingerprint density at radius 3 is 2.78 bits per heavy atom. The number of hydrogen-bond acceptors (Lipinski definition) is 7. The average molecular weight is 369 g/mol. The topological polar surface area (TPSA) is 109 Å². The van der Waals surface area contributed by atoms with Gasteiger partial charge in [0.1, 0.15) is 19.0 Å². The number of carboxylic acid groups (broad SMARTS) is 1. The number of para-hydroxylation sites is 2. The van der Waals surface area contributed by atoms with E-state index in [4.69, 9.17) is 14.2 Å². The third-order valence-corrected chi connectivity index (χ3v) is 3.74. The van der Waals surface area contributed by atoms with Crippen molar-refractivity contribution in [3.05, 3.63) is 54.1 Å². The number of carboxylic acids is 1. The van der Waals surface area contributed by atoms with E-state index < -0.39 is 24.6 Å². The zero-order chi connectivity index (χ0) is 19.2. The normalized spacial score (nSPS) is 15.7. The molecule has 27 heavy (non-hydrogen) atoms. The van der Waals surface area contributed by atoms with E-state index in [1.54, 1.807) is 49.4 Å². The molecule has 1 N–H and O–H groups in total. The molecule has 0 radical (unpaired) electrons. The Hall–Kier alpha value is -3.55. The summed E-state index contributed by atoms with van der Waals surface area (Å²) in [4.78, 5) is 22.7. The smallest absolute Gasteiger partial charge is 0.284 e. The van der Waals surface area contributed by atoms with Crippen LogP contribution in [0, 0.1) is 0 Å². The van der Waals surface area contributed by atoms with Crippen LogP contribution in [0.15, 0.2) is 53.6 Å². The molecule has 0 unspecified atom stereocenters. The molecular formula is C19H17N2O6-. The first-order chi connectivity index (χ1) is 13.0. The number of aliphatic carboxylic acids is 1. The van der Waals surface area contributed by atoms with Crippen molar-refractivity contribution >= 4 is 17.6 Å². The molecule has 1 amide bonds. The molecule has 8 heteroatoms. The third kappa shape index (κ3) is 4.75. The summed E-state index contributed by atoms with van der Waals surface area (Å²) in [5, 5.41) is 14.5. The van der Waals surface area contributed by atoms with E-state index >= 15 is 0 Å². The van der Waals surface area contributed by atoms with E-state index in [9.17, 15) is 14.7 Å². The lowest BCUT2D eigenvalue weighted by Gasteiger charge is -2.24. The predicted molar refractivity (Wildman–Crippen MR) is 93.7 cm³/mol. The summed E-state index contributed by atoms with van der Waals surface area (Å²) < 4.78 is 16.2. The minimum atomic E-state index is -1.31. The largest absolute Gasteiger partial charge is 0.546 e. The Kier molecular flexibility index (Phi) is 5.55. The summed E-state index contributed by atoms with van der Waals surface area (Å²) in [5.41, 5.74) is 3.63. The number of nitrogens with one attached hydrogen (secondary N) is 1. The van der Waals surface area contributed by atoms with Gasteiger partial charge < -0.3 is 24.1 Å². The van der Waals surface area contributed by atoms with Gasteiger partial charge in [0.05, 0.1) is 11.7 Å². The van der Waals surface area contributed by atoms with Gasteiger partial charge in [-0.15, -0.1) is 0 Å². The fourth-order valence-electron chi connectivity index (χ4n) is 2.38. The summed E-state index contributed by atoms with van der Waals surface area (Å²) in [6.07, 6.45) is -0.811. The molecule has 8 nitrogen and oxygen atoms in total. The molecule has 140 valence electrons. The zero-order valence-corrected chi connectivity index (χ0v) is 14.5. The summed E-state index contributed by atoms with van der Waals surface area (Å²) in [6.45, 7) is 1.24. The molecule has 2 aromatic carbocycles. The second kappa shape index (κ2) is 8.22. The van der Waals surface area contributed by atoms with Crippen molar-refractivity contribution in [3.63, 3.8) is 0 Å². The lowest BCUT2D eigenvalue weighted by molar-refractivity contribution is -0.307. The number of hydrogen-bond donors (Lipinski definition) is 1. The molecule has 1 aliphatic rings. The Morgan fingerprint density at radius 1 is 1.22 bits per heavy atom. The van der Waals surface area contributed by atoms with Crippen LogP contribution in [-0.2, 0) is 9.59 Å². The number of fused-ring (bicyclic) bond motifs is 1. The second-order valence-electron chi connectivity index (χ2n) is 5.73. The fraction of sp³-hybridized carbons (Fsp3) is 0.211. The average Bonchev–Trinajstić information content (AvgIpc) is 2.70. The van der Waals surface area contributed by atoms with E-state index in [1.165, 1.54) is 0 Å². The van der Waals surface area contributed by atoms with Crippen molar-refractivity contribution in [2.45, 2.75) is 13.0 Å². The quantitative estimate of drug-likeness (QED) is 0.586. The highest BCUT2D eigenvalue weighted by atomic mass is 16.6. The predicted octanol–water partition coefficient (Wildman–Crippen LogP) is 0.495. The lowest BCUT2D eigenvalue weighted by Crippen LogP contribution is -2.42. The van der Waals surface area contributed by atoms with Gasteiger partial charge in [-0.05, 0) is 31.2 Å². The van der Waals surface area contributed by atoms with Crippen molar-refractivity contribution in [1.82, 2.24) is 5.43 Å². The highest BCUT2D eigenvalue weighted by Gasteiger charge is 2.27. The monoisotopic (exact) mass is 369 g/mol. The Labute approximate surface area is 155 Å². The number of amides is 1. The maximum Gasteiger partial charge on any atom is 0.284 e. The van der Waals surface area contributed by atoms with Crippen molar-refractivity contribution in [2.24, 2.45) is 5.10 Å². The molecule has 0 fully saturated rings. The van der Waals surface area contributed by atoms with Gasteiger partial charge in [0, 0.05) is 5.56 Å². The van der Waals surface area contributed by atoms with Crippen LogP contribution in [0.2, 0.25) is 0 Å². The summed E-state index contributed by atoms with van der Waals surface area (Å²) in [5.74, 6) is -0.294. The number of ether oxygens (including phenoxy) is 3. The first-order valence-electron chi connectivity index (χ1n) is 8.18. The van der Waals surface area contributed by atoms with E-state index in [0.29, 0.717) is 28.5 Å². The van der Waals surface area contributed by atoms with Crippen molar-refractivity contribution in [2.75, 3.05) is 13.2 Å². The van der Waals surface area contributed by atoms with Gasteiger partial charge in [0.2, 0.25) is 6.10 Å². The molecule has 0 aliphatic carbocycles. The lowest BCUT2D eigenvalue weighted by atomic mass is 10.1. The number of rotatable bonds is 6. The third-order valence-electron chi connectivity index (χ3n) is 3.74. The van der Waals surface area contributed by atoms with E-state index in [2.05, 4.69) is 10.5 Å². The fourth-order valence-corrected chi connectivity index (χ4v) is 2.38. The molecule has 0 spiro atoms. The van der Waals surface area contributed by atoms with Gasteiger partial charge in [-0.25, -0.2) is 5.43 Å².